The fraction of sp³-hybridized carbons (Fsp3) is 0.364. The number of halogens is 1. The number of carbonyl (C=O) groups is 3. The number of rotatable bonds is 2. The van der Waals surface area contributed by atoms with E-state index in [9.17, 15) is 14.4 Å². The average Bonchev–Trinajstić information content (AvgIpc) is 2.75. The minimum absolute atomic E-state index is 0.329. The first-order valence-corrected chi connectivity index (χ1v) is 6.86. The number of barbiturate groups is 1. The van der Waals surface area contributed by atoms with Crippen LogP contribution in [0.5, 0.6) is 0 Å². The Kier molecular flexibility index (Phi) is 3.54. The third-order valence-corrected chi connectivity index (χ3v) is 4.51. The van der Waals surface area contributed by atoms with Crippen LogP contribution in [-0.2, 0) is 16.0 Å². The van der Waals surface area contributed by atoms with Crippen molar-refractivity contribution in [2.24, 2.45) is 5.92 Å². The highest BCUT2D eigenvalue weighted by atomic mass is 79.9. The highest BCUT2D eigenvalue weighted by Gasteiger charge is 2.42. The summed E-state index contributed by atoms with van der Waals surface area (Å²) in [7, 11) is 2.79. The smallest absolute Gasteiger partial charge is 0.273 e. The summed E-state index contributed by atoms with van der Waals surface area (Å²) in [6.45, 7) is 0. The second kappa shape index (κ2) is 4.81. The molecule has 1 aliphatic rings. The molecule has 1 saturated heterocycles. The first-order chi connectivity index (χ1) is 8.41. The Balaban J connectivity index is 2.23. The fourth-order valence-electron chi connectivity index (χ4n) is 1.82. The van der Waals surface area contributed by atoms with E-state index >= 15 is 0 Å². The van der Waals surface area contributed by atoms with Gasteiger partial charge in [-0.15, -0.1) is 11.3 Å². The van der Waals surface area contributed by atoms with E-state index in [1.807, 2.05) is 12.1 Å². The van der Waals surface area contributed by atoms with Crippen molar-refractivity contribution in [3.63, 3.8) is 0 Å². The van der Waals surface area contributed by atoms with Crippen LogP contribution in [0.15, 0.2) is 15.9 Å². The van der Waals surface area contributed by atoms with Crippen LogP contribution >= 0.6 is 27.3 Å². The van der Waals surface area contributed by atoms with Crippen molar-refractivity contribution in [2.45, 2.75) is 6.42 Å². The van der Waals surface area contributed by atoms with E-state index < -0.39 is 23.8 Å². The molecule has 0 aliphatic carbocycles. The third kappa shape index (κ3) is 2.20. The molecule has 1 aromatic heterocycles. The molecule has 2 heterocycles. The zero-order chi connectivity index (χ0) is 13.4. The quantitative estimate of drug-likeness (QED) is 0.776. The van der Waals surface area contributed by atoms with Crippen LogP contribution in [0.25, 0.3) is 0 Å². The van der Waals surface area contributed by atoms with E-state index in [0.29, 0.717) is 6.42 Å². The number of thiophene rings is 1. The molecule has 2 rings (SSSR count). The number of nitrogens with zero attached hydrogens (tertiary/aromatic N) is 2. The second-order valence-electron chi connectivity index (χ2n) is 4.04. The summed E-state index contributed by atoms with van der Waals surface area (Å²) in [6, 6.07) is 3.16. The molecular formula is C11H11BrN2O3S. The van der Waals surface area contributed by atoms with Gasteiger partial charge < -0.3 is 0 Å². The first kappa shape index (κ1) is 13.2. The SMILES string of the molecule is CN1C(=O)C(Cc2ccc(Br)s2)C(=O)N(C)C1=O. The summed E-state index contributed by atoms with van der Waals surface area (Å²) in [6.07, 6.45) is 0.329. The lowest BCUT2D eigenvalue weighted by atomic mass is 9.99. The normalized spacial score (nSPS) is 17.8. The van der Waals surface area contributed by atoms with Crippen LogP contribution in [0.1, 0.15) is 4.88 Å². The molecule has 0 aromatic carbocycles. The highest BCUT2D eigenvalue weighted by Crippen LogP contribution is 2.27. The zero-order valence-corrected chi connectivity index (χ0v) is 12.2. The molecule has 0 unspecified atom stereocenters. The molecule has 0 N–H and O–H groups in total. The lowest BCUT2D eigenvalue weighted by Gasteiger charge is -2.32. The molecule has 0 atom stereocenters. The van der Waals surface area contributed by atoms with Crippen molar-refractivity contribution < 1.29 is 14.4 Å². The maximum atomic E-state index is 12.0. The molecule has 0 spiro atoms. The third-order valence-electron chi connectivity index (χ3n) is 2.87. The van der Waals surface area contributed by atoms with Gasteiger partial charge in [0.25, 0.3) is 0 Å². The predicted octanol–water partition coefficient (Wildman–Crippen LogP) is 1.72. The number of hydrogen-bond donors (Lipinski definition) is 0. The van der Waals surface area contributed by atoms with Crippen molar-refractivity contribution in [3.05, 3.63) is 20.8 Å². The van der Waals surface area contributed by atoms with Crippen LogP contribution in [-0.4, -0.2) is 41.7 Å². The van der Waals surface area contributed by atoms with Crippen LogP contribution < -0.4 is 0 Å². The van der Waals surface area contributed by atoms with Crippen LogP contribution in [0.2, 0.25) is 0 Å². The van der Waals surface area contributed by atoms with Crippen LogP contribution in [0, 0.1) is 5.92 Å². The van der Waals surface area contributed by atoms with Gasteiger partial charge in [-0.3, -0.25) is 19.4 Å². The van der Waals surface area contributed by atoms with Crippen molar-refractivity contribution >= 4 is 45.1 Å². The number of hydrogen-bond acceptors (Lipinski definition) is 4. The van der Waals surface area contributed by atoms with Crippen molar-refractivity contribution in [3.8, 4) is 0 Å². The average molecular weight is 331 g/mol. The van der Waals surface area contributed by atoms with Gasteiger partial charge in [-0.2, -0.15) is 0 Å². The zero-order valence-electron chi connectivity index (χ0n) is 9.84. The van der Waals surface area contributed by atoms with E-state index in [4.69, 9.17) is 0 Å². The first-order valence-electron chi connectivity index (χ1n) is 5.25. The van der Waals surface area contributed by atoms with E-state index in [1.165, 1.54) is 25.4 Å². The van der Waals surface area contributed by atoms with Gasteiger partial charge in [0, 0.05) is 25.4 Å². The predicted molar refractivity (Wildman–Crippen MR) is 70.1 cm³/mol. The molecule has 1 fully saturated rings. The van der Waals surface area contributed by atoms with Crippen molar-refractivity contribution in [1.82, 2.24) is 9.80 Å². The number of imide groups is 2. The maximum absolute atomic E-state index is 12.0. The number of urea groups is 1. The van der Waals surface area contributed by atoms with Gasteiger partial charge in [-0.1, -0.05) is 0 Å². The molecule has 1 aromatic rings. The summed E-state index contributed by atoms with van der Waals surface area (Å²) >= 11 is 4.81. The van der Waals surface area contributed by atoms with Gasteiger partial charge in [0.15, 0.2) is 0 Å². The Morgan fingerprint density at radius 3 is 2.17 bits per heavy atom. The molecular weight excluding hydrogens is 320 g/mol. The summed E-state index contributed by atoms with van der Waals surface area (Å²) < 4.78 is 0.950. The minimum Gasteiger partial charge on any atom is -0.273 e. The number of amides is 4. The molecule has 7 heteroatoms. The maximum Gasteiger partial charge on any atom is 0.332 e. The second-order valence-corrected chi connectivity index (χ2v) is 6.59. The van der Waals surface area contributed by atoms with Gasteiger partial charge in [0.2, 0.25) is 11.8 Å². The van der Waals surface area contributed by atoms with Gasteiger partial charge in [0.1, 0.15) is 5.92 Å². The van der Waals surface area contributed by atoms with E-state index in [0.717, 1.165) is 18.5 Å². The summed E-state index contributed by atoms with van der Waals surface area (Å²) in [5.41, 5.74) is 0. The molecule has 1 aliphatic heterocycles. The van der Waals surface area contributed by atoms with Gasteiger partial charge in [-0.25, -0.2) is 4.79 Å². The molecule has 4 amide bonds. The molecule has 0 bridgehead atoms. The Morgan fingerprint density at radius 1 is 1.17 bits per heavy atom. The molecule has 5 nitrogen and oxygen atoms in total. The molecule has 18 heavy (non-hydrogen) atoms. The van der Waals surface area contributed by atoms with E-state index in [2.05, 4.69) is 15.9 Å². The lowest BCUT2D eigenvalue weighted by molar-refractivity contribution is -0.147. The lowest BCUT2D eigenvalue weighted by Crippen LogP contribution is -2.57. The Labute approximate surface area is 116 Å². The van der Waals surface area contributed by atoms with Gasteiger partial charge in [-0.05, 0) is 28.1 Å². The topological polar surface area (TPSA) is 57.7 Å². The Bertz CT molecular complexity index is 504. The van der Waals surface area contributed by atoms with E-state index in [-0.39, 0.29) is 0 Å². The van der Waals surface area contributed by atoms with Gasteiger partial charge in [0.05, 0.1) is 3.79 Å². The summed E-state index contributed by atoms with van der Waals surface area (Å²) in [5, 5.41) is 0. The standard InChI is InChI=1S/C11H11BrN2O3S/c1-13-9(15)7(10(16)14(2)11(13)17)5-6-3-4-8(12)18-6/h3-4,7H,5H2,1-2H3. The van der Waals surface area contributed by atoms with Crippen molar-refractivity contribution in [2.75, 3.05) is 14.1 Å². The van der Waals surface area contributed by atoms with Gasteiger partial charge >= 0.3 is 6.03 Å². The largest absolute Gasteiger partial charge is 0.332 e. The summed E-state index contributed by atoms with van der Waals surface area (Å²) in [5.74, 6) is -1.68. The molecule has 0 radical (unpaired) electrons. The van der Waals surface area contributed by atoms with E-state index in [1.54, 1.807) is 0 Å². The summed E-state index contributed by atoms with van der Waals surface area (Å²) in [4.78, 5) is 38.4. The Hall–Kier alpha value is -1.21. The van der Waals surface area contributed by atoms with Crippen LogP contribution in [0.3, 0.4) is 0 Å². The van der Waals surface area contributed by atoms with Crippen molar-refractivity contribution in [1.29, 1.82) is 0 Å². The Morgan fingerprint density at radius 2 is 1.72 bits per heavy atom. The highest BCUT2D eigenvalue weighted by molar-refractivity contribution is 9.11. The fourth-order valence-corrected chi connectivity index (χ4v) is 3.35. The van der Waals surface area contributed by atoms with Crippen LogP contribution in [0.4, 0.5) is 4.79 Å². The monoisotopic (exact) mass is 330 g/mol. The minimum atomic E-state index is -0.803. The molecule has 96 valence electrons. The number of carbonyl (C=O) groups excluding carboxylic acids is 3. The molecule has 0 saturated carbocycles.